The summed E-state index contributed by atoms with van der Waals surface area (Å²) >= 11 is 0. The fourth-order valence-electron chi connectivity index (χ4n) is 3.32. The van der Waals surface area contributed by atoms with Crippen LogP contribution in [0.25, 0.3) is 0 Å². The highest BCUT2D eigenvalue weighted by Gasteiger charge is 2.29. The number of nitrogens with one attached hydrogen (secondary N) is 2. The number of ether oxygens (including phenoxy) is 1. The van der Waals surface area contributed by atoms with Crippen LogP contribution in [0.1, 0.15) is 5.56 Å². The lowest BCUT2D eigenvalue weighted by atomic mass is 10.2. The van der Waals surface area contributed by atoms with E-state index in [1.807, 2.05) is 49.5 Å². The zero-order chi connectivity index (χ0) is 22.1. The van der Waals surface area contributed by atoms with Gasteiger partial charge in [0.05, 0.1) is 11.4 Å². The molecular weight excluding hydrogens is 414 g/mol. The highest BCUT2D eigenvalue weighted by molar-refractivity contribution is 7.89. The van der Waals surface area contributed by atoms with Crippen LogP contribution in [0.5, 0.6) is 5.75 Å². The maximum Gasteiger partial charge on any atom is 0.243 e. The van der Waals surface area contributed by atoms with Crippen LogP contribution >= 0.6 is 0 Å². The van der Waals surface area contributed by atoms with Gasteiger partial charge in [0, 0.05) is 39.8 Å². The van der Waals surface area contributed by atoms with E-state index >= 15 is 0 Å². The molecule has 1 saturated heterocycles. The largest absolute Gasteiger partial charge is 0.492 e. The Hall–Kier alpha value is -2.62. The average Bonchev–Trinajstić information content (AvgIpc) is 2.80. The third kappa shape index (κ3) is 6.43. The fraction of sp³-hybridized carbons (Fsp3) is 0.409. The molecule has 0 spiro atoms. The van der Waals surface area contributed by atoms with Gasteiger partial charge in [-0.25, -0.2) is 8.42 Å². The molecule has 0 unspecified atom stereocenters. The van der Waals surface area contributed by atoms with Gasteiger partial charge in [-0.3, -0.25) is 4.99 Å². The van der Waals surface area contributed by atoms with Crippen molar-refractivity contribution in [3.05, 3.63) is 60.2 Å². The van der Waals surface area contributed by atoms with Crippen molar-refractivity contribution in [2.24, 2.45) is 4.99 Å². The van der Waals surface area contributed by atoms with Crippen LogP contribution in [0.15, 0.2) is 64.5 Å². The lowest BCUT2D eigenvalue weighted by Gasteiger charge is -2.32. The van der Waals surface area contributed by atoms with Crippen molar-refractivity contribution in [1.29, 1.82) is 0 Å². The van der Waals surface area contributed by atoms with Crippen LogP contribution in [0.3, 0.4) is 0 Å². The van der Waals surface area contributed by atoms with Gasteiger partial charge in [-0.05, 0) is 30.8 Å². The first-order chi connectivity index (χ1) is 15.0. The molecule has 1 aliphatic rings. The molecule has 168 valence electrons. The van der Waals surface area contributed by atoms with Crippen molar-refractivity contribution in [1.82, 2.24) is 19.8 Å². The first-order valence-electron chi connectivity index (χ1n) is 10.4. The Morgan fingerprint density at radius 2 is 1.68 bits per heavy atom. The number of para-hydroxylation sites is 1. The van der Waals surface area contributed by atoms with Crippen molar-refractivity contribution in [2.75, 3.05) is 53.4 Å². The van der Waals surface area contributed by atoms with E-state index < -0.39 is 10.0 Å². The van der Waals surface area contributed by atoms with E-state index in [1.165, 1.54) is 0 Å². The molecule has 1 aliphatic heterocycles. The van der Waals surface area contributed by atoms with E-state index in [2.05, 4.69) is 20.5 Å². The Bertz CT molecular complexity index is 958. The van der Waals surface area contributed by atoms with E-state index in [-0.39, 0.29) is 0 Å². The second kappa shape index (κ2) is 11.1. The minimum Gasteiger partial charge on any atom is -0.492 e. The van der Waals surface area contributed by atoms with Crippen LogP contribution in [-0.2, 0) is 16.6 Å². The van der Waals surface area contributed by atoms with Crippen LogP contribution in [-0.4, -0.2) is 77.0 Å². The number of aliphatic imine (C=N–C) groups is 1. The molecule has 0 aromatic heterocycles. The molecule has 3 rings (SSSR count). The smallest absolute Gasteiger partial charge is 0.243 e. The van der Waals surface area contributed by atoms with Crippen LogP contribution < -0.4 is 15.4 Å². The summed E-state index contributed by atoms with van der Waals surface area (Å²) in [6, 6.07) is 16.7. The van der Waals surface area contributed by atoms with Crippen LogP contribution in [0.4, 0.5) is 0 Å². The molecule has 2 N–H and O–H groups in total. The summed E-state index contributed by atoms with van der Waals surface area (Å²) in [6.45, 7) is 3.89. The molecular formula is C22H31N5O3S. The Labute approximate surface area is 185 Å². The van der Waals surface area contributed by atoms with E-state index in [0.29, 0.717) is 49.2 Å². The number of likely N-dealkylation sites (N-methyl/N-ethyl adjacent to an activating group) is 1. The molecule has 0 amide bonds. The van der Waals surface area contributed by atoms with Gasteiger partial charge in [0.2, 0.25) is 10.0 Å². The second-order valence-corrected chi connectivity index (χ2v) is 9.24. The summed E-state index contributed by atoms with van der Waals surface area (Å²) in [6.07, 6.45) is 0. The molecule has 9 heteroatoms. The summed E-state index contributed by atoms with van der Waals surface area (Å²) in [5.74, 6) is 1.40. The number of hydrogen-bond acceptors (Lipinski definition) is 5. The summed E-state index contributed by atoms with van der Waals surface area (Å²) in [4.78, 5) is 6.69. The Morgan fingerprint density at radius 1 is 1.00 bits per heavy atom. The van der Waals surface area contributed by atoms with Gasteiger partial charge >= 0.3 is 0 Å². The summed E-state index contributed by atoms with van der Waals surface area (Å²) in [5, 5.41) is 6.38. The van der Waals surface area contributed by atoms with Crippen LogP contribution in [0, 0.1) is 0 Å². The van der Waals surface area contributed by atoms with Gasteiger partial charge in [-0.1, -0.05) is 36.4 Å². The monoisotopic (exact) mass is 445 g/mol. The number of rotatable bonds is 8. The van der Waals surface area contributed by atoms with Crippen molar-refractivity contribution < 1.29 is 13.2 Å². The molecule has 0 aliphatic carbocycles. The molecule has 2 aromatic rings. The molecule has 0 bridgehead atoms. The lowest BCUT2D eigenvalue weighted by Crippen LogP contribution is -2.47. The maximum absolute atomic E-state index is 13.2. The number of guanidine groups is 1. The van der Waals surface area contributed by atoms with Crippen molar-refractivity contribution in [3.63, 3.8) is 0 Å². The number of piperazine rings is 1. The minimum atomic E-state index is -3.54. The number of benzene rings is 2. The van der Waals surface area contributed by atoms with Crippen molar-refractivity contribution >= 4 is 16.0 Å². The standard InChI is InChI=1S/C22H31N5O3S/c1-23-22(24-12-17-30-20-9-4-3-5-10-20)25-18-19-8-6-7-11-21(19)31(28,29)27-15-13-26(2)14-16-27/h3-11H,12-18H2,1-2H3,(H2,23,24,25). The average molecular weight is 446 g/mol. The lowest BCUT2D eigenvalue weighted by molar-refractivity contribution is 0.222. The molecule has 1 fully saturated rings. The molecule has 1 heterocycles. The first kappa shape index (κ1) is 23.1. The fourth-order valence-corrected chi connectivity index (χ4v) is 4.97. The first-order valence-corrected chi connectivity index (χ1v) is 11.8. The third-order valence-corrected chi connectivity index (χ3v) is 7.13. The number of nitrogens with zero attached hydrogens (tertiary/aromatic N) is 3. The number of hydrogen-bond donors (Lipinski definition) is 2. The zero-order valence-electron chi connectivity index (χ0n) is 18.1. The summed E-state index contributed by atoms with van der Waals surface area (Å²) < 4.78 is 33.6. The van der Waals surface area contributed by atoms with Gasteiger partial charge in [0.25, 0.3) is 0 Å². The van der Waals surface area contributed by atoms with Gasteiger partial charge < -0.3 is 20.3 Å². The maximum atomic E-state index is 13.2. The molecule has 0 saturated carbocycles. The number of sulfonamides is 1. The molecule has 0 radical (unpaired) electrons. The van der Waals surface area contributed by atoms with E-state index in [1.54, 1.807) is 23.5 Å². The van der Waals surface area contributed by atoms with Gasteiger partial charge in [0.15, 0.2) is 5.96 Å². The van der Waals surface area contributed by atoms with Gasteiger partial charge in [0.1, 0.15) is 12.4 Å². The van der Waals surface area contributed by atoms with Gasteiger partial charge in [-0.15, -0.1) is 0 Å². The summed E-state index contributed by atoms with van der Waals surface area (Å²) in [7, 11) is 0.150. The van der Waals surface area contributed by atoms with Gasteiger partial charge in [-0.2, -0.15) is 4.31 Å². The SMILES string of the molecule is CN=C(NCCOc1ccccc1)NCc1ccccc1S(=O)(=O)N1CCN(C)CC1. The van der Waals surface area contributed by atoms with E-state index in [4.69, 9.17) is 4.74 Å². The van der Waals surface area contributed by atoms with E-state index in [9.17, 15) is 8.42 Å². The van der Waals surface area contributed by atoms with Crippen molar-refractivity contribution in [2.45, 2.75) is 11.4 Å². The van der Waals surface area contributed by atoms with Crippen molar-refractivity contribution in [3.8, 4) is 5.75 Å². The predicted molar refractivity (Wildman–Crippen MR) is 123 cm³/mol. The van der Waals surface area contributed by atoms with E-state index in [0.717, 1.165) is 18.8 Å². The minimum absolute atomic E-state index is 0.343. The summed E-state index contributed by atoms with van der Waals surface area (Å²) in [5.41, 5.74) is 0.713. The highest BCUT2D eigenvalue weighted by atomic mass is 32.2. The topological polar surface area (TPSA) is 86.3 Å². The molecule has 0 atom stereocenters. The predicted octanol–water partition coefficient (Wildman–Crippen LogP) is 1.37. The zero-order valence-corrected chi connectivity index (χ0v) is 18.9. The quantitative estimate of drug-likeness (QED) is 0.363. The Balaban J connectivity index is 1.56. The Morgan fingerprint density at radius 3 is 2.39 bits per heavy atom. The highest BCUT2D eigenvalue weighted by Crippen LogP contribution is 2.21. The molecule has 2 aromatic carbocycles. The Kier molecular flexibility index (Phi) is 8.27. The third-order valence-electron chi connectivity index (χ3n) is 5.13. The molecule has 8 nitrogen and oxygen atoms in total. The normalized spacial score (nSPS) is 16.1. The second-order valence-electron chi connectivity index (χ2n) is 7.33. The van der Waals surface area contributed by atoms with Crippen LogP contribution in [0.2, 0.25) is 0 Å². The molecule has 31 heavy (non-hydrogen) atoms.